The molecule has 7 heteroatoms. The van der Waals surface area contributed by atoms with E-state index in [1.807, 2.05) is 13.1 Å². The van der Waals surface area contributed by atoms with Gasteiger partial charge in [0.25, 0.3) is 5.91 Å². The maximum atomic E-state index is 11.5. The number of hydrogen-bond donors (Lipinski definition) is 2. The van der Waals surface area contributed by atoms with E-state index in [4.69, 9.17) is 5.21 Å². The molecule has 1 fully saturated rings. The molecule has 0 saturated heterocycles. The number of rotatable bonds is 6. The fourth-order valence-electron chi connectivity index (χ4n) is 4.37. The highest BCUT2D eigenvalue weighted by molar-refractivity contribution is 5.93. The van der Waals surface area contributed by atoms with Crippen LogP contribution in [0.15, 0.2) is 12.3 Å². The van der Waals surface area contributed by atoms with Crippen LogP contribution < -0.4 is 5.48 Å². The number of carbonyl (C=O) groups excluding carboxylic acids is 2. The first-order valence-electron chi connectivity index (χ1n) is 9.69. The number of nitrogens with zero attached hydrogens (tertiary/aromatic N) is 3. The molecule has 1 aliphatic carbocycles. The Balaban J connectivity index is 1.49. The summed E-state index contributed by atoms with van der Waals surface area (Å²) in [7, 11) is 1.86. The summed E-state index contributed by atoms with van der Waals surface area (Å²) in [4.78, 5) is 31.6. The maximum Gasteiger partial charge on any atom is 0.276 e. The van der Waals surface area contributed by atoms with Crippen LogP contribution in [0.1, 0.15) is 61.1 Å². The summed E-state index contributed by atoms with van der Waals surface area (Å²) < 4.78 is 0. The lowest BCUT2D eigenvalue weighted by atomic mass is 9.63. The number of carbonyl (C=O) groups is 2. The Morgan fingerprint density at radius 3 is 2.85 bits per heavy atom. The molecule has 0 atom stereocenters. The second-order valence-electron chi connectivity index (χ2n) is 8.41. The Kier molecular flexibility index (Phi) is 5.81. The van der Waals surface area contributed by atoms with Crippen LogP contribution in [0.25, 0.3) is 0 Å². The summed E-state index contributed by atoms with van der Waals surface area (Å²) in [6, 6.07) is 2.43. The van der Waals surface area contributed by atoms with Crippen LogP contribution in [0, 0.1) is 5.41 Å². The van der Waals surface area contributed by atoms with E-state index in [1.54, 1.807) is 17.3 Å². The van der Waals surface area contributed by atoms with Crippen molar-refractivity contribution in [2.45, 2.75) is 58.5 Å². The monoisotopic (exact) mass is 374 g/mol. The predicted molar refractivity (Wildman–Crippen MR) is 101 cm³/mol. The lowest BCUT2D eigenvalue weighted by molar-refractivity contribution is -0.127. The number of amides is 2. The van der Waals surface area contributed by atoms with Gasteiger partial charge in [-0.25, -0.2) is 5.48 Å². The van der Waals surface area contributed by atoms with Crippen molar-refractivity contribution in [3.63, 3.8) is 0 Å². The number of nitrogens with one attached hydrogen (secondary N) is 1. The van der Waals surface area contributed by atoms with Gasteiger partial charge in [-0.15, -0.1) is 0 Å². The zero-order chi connectivity index (χ0) is 19.6. The zero-order valence-electron chi connectivity index (χ0n) is 16.5. The second-order valence-corrected chi connectivity index (χ2v) is 8.41. The first-order valence-corrected chi connectivity index (χ1v) is 9.69. The van der Waals surface area contributed by atoms with Crippen molar-refractivity contribution in [3.8, 4) is 0 Å². The number of fused-ring (bicyclic) bond motifs is 1. The summed E-state index contributed by atoms with van der Waals surface area (Å²) in [5, 5.41) is 8.76. The average molecular weight is 374 g/mol. The lowest BCUT2D eigenvalue weighted by Crippen LogP contribution is -2.51. The highest BCUT2D eigenvalue weighted by Gasteiger charge is 2.43. The minimum absolute atomic E-state index is 0.130. The van der Waals surface area contributed by atoms with Crippen molar-refractivity contribution in [3.05, 3.63) is 29.1 Å². The fraction of sp³-hybridized carbons (Fsp3) is 0.650. The van der Waals surface area contributed by atoms with E-state index >= 15 is 0 Å². The van der Waals surface area contributed by atoms with E-state index in [-0.39, 0.29) is 5.91 Å². The molecule has 2 N–H and O–H groups in total. The van der Waals surface area contributed by atoms with Crippen LogP contribution in [0.2, 0.25) is 0 Å². The number of aromatic nitrogens is 1. The van der Waals surface area contributed by atoms with Gasteiger partial charge in [0.05, 0.1) is 11.3 Å². The molecule has 2 amide bonds. The SMILES string of the molecule is CC(=O)N(C)CCC[C@]1(C)C[C@H](N2CCc3cc(C(=O)NO)cnc3C2)C1. The summed E-state index contributed by atoms with van der Waals surface area (Å²) in [6.07, 6.45) is 7.01. The Bertz CT molecular complexity index is 715. The normalized spacial score (nSPS) is 24.7. The molecule has 2 aliphatic rings. The van der Waals surface area contributed by atoms with Gasteiger partial charge >= 0.3 is 0 Å². The first kappa shape index (κ1) is 19.8. The number of hydrogen-bond acceptors (Lipinski definition) is 5. The molecule has 1 aliphatic heterocycles. The van der Waals surface area contributed by atoms with Crippen LogP contribution in [0.5, 0.6) is 0 Å². The third-order valence-corrected chi connectivity index (χ3v) is 6.23. The smallest absolute Gasteiger partial charge is 0.276 e. The number of pyridine rings is 1. The maximum absolute atomic E-state index is 11.5. The standard InChI is InChI=1S/C20H30N4O3/c1-14(25)23(3)7-4-6-20(2)10-17(11-20)24-8-5-15-9-16(19(26)22-27)12-21-18(15)13-24/h9,12,17,27H,4-8,10-11,13H2,1-3H3,(H,22,26)/t17-,20+. The van der Waals surface area contributed by atoms with Crippen LogP contribution in [0.3, 0.4) is 0 Å². The average Bonchev–Trinajstić information content (AvgIpc) is 2.64. The van der Waals surface area contributed by atoms with Crippen molar-refractivity contribution < 1.29 is 14.8 Å². The van der Waals surface area contributed by atoms with Gasteiger partial charge in [0.15, 0.2) is 0 Å². The molecule has 0 unspecified atom stereocenters. The van der Waals surface area contributed by atoms with Gasteiger partial charge < -0.3 is 4.90 Å². The predicted octanol–water partition coefficient (Wildman–Crippen LogP) is 1.99. The van der Waals surface area contributed by atoms with Gasteiger partial charge in [0.2, 0.25) is 5.91 Å². The van der Waals surface area contributed by atoms with Gasteiger partial charge in [-0.2, -0.15) is 0 Å². The largest absolute Gasteiger partial charge is 0.346 e. The molecule has 3 rings (SSSR count). The molecule has 1 aromatic rings. The van der Waals surface area contributed by atoms with Gasteiger partial charge in [-0.1, -0.05) is 6.92 Å². The highest BCUT2D eigenvalue weighted by Crippen LogP contribution is 2.47. The van der Waals surface area contributed by atoms with Gasteiger partial charge in [0.1, 0.15) is 0 Å². The van der Waals surface area contributed by atoms with Crippen LogP contribution >= 0.6 is 0 Å². The van der Waals surface area contributed by atoms with E-state index in [0.29, 0.717) is 17.0 Å². The summed E-state index contributed by atoms with van der Waals surface area (Å²) in [5.74, 6) is -0.386. The van der Waals surface area contributed by atoms with Crippen molar-refractivity contribution in [2.24, 2.45) is 5.41 Å². The van der Waals surface area contributed by atoms with E-state index in [1.165, 1.54) is 19.0 Å². The van der Waals surface area contributed by atoms with Crippen molar-refractivity contribution in [1.29, 1.82) is 0 Å². The number of hydroxylamine groups is 1. The molecule has 7 nitrogen and oxygen atoms in total. The van der Waals surface area contributed by atoms with Gasteiger partial charge in [0, 0.05) is 45.8 Å². The van der Waals surface area contributed by atoms with Crippen LogP contribution in [-0.4, -0.2) is 58.0 Å². The molecule has 148 valence electrons. The Labute approximate surface area is 160 Å². The minimum Gasteiger partial charge on any atom is -0.346 e. The molecule has 2 heterocycles. The fourth-order valence-corrected chi connectivity index (χ4v) is 4.37. The van der Waals surface area contributed by atoms with Crippen LogP contribution in [0.4, 0.5) is 0 Å². The highest BCUT2D eigenvalue weighted by atomic mass is 16.5. The quantitative estimate of drug-likeness (QED) is 0.587. The summed E-state index contributed by atoms with van der Waals surface area (Å²) in [6.45, 7) is 6.60. The molecular weight excluding hydrogens is 344 g/mol. The van der Waals surface area contributed by atoms with Crippen LogP contribution in [-0.2, 0) is 17.8 Å². The van der Waals surface area contributed by atoms with E-state index in [9.17, 15) is 9.59 Å². The molecule has 1 aromatic heterocycles. The van der Waals surface area contributed by atoms with Gasteiger partial charge in [-0.3, -0.25) is 24.7 Å². The Hall–Kier alpha value is -1.99. The molecule has 0 bridgehead atoms. The molecule has 27 heavy (non-hydrogen) atoms. The molecule has 1 saturated carbocycles. The molecule has 0 spiro atoms. The first-order chi connectivity index (χ1) is 12.8. The van der Waals surface area contributed by atoms with E-state index in [0.717, 1.165) is 50.2 Å². The summed E-state index contributed by atoms with van der Waals surface area (Å²) >= 11 is 0. The zero-order valence-corrected chi connectivity index (χ0v) is 16.5. The van der Waals surface area contributed by atoms with Gasteiger partial charge in [-0.05, 0) is 49.1 Å². The lowest BCUT2D eigenvalue weighted by Gasteiger charge is -2.51. The van der Waals surface area contributed by atoms with Crippen molar-refractivity contribution in [1.82, 2.24) is 20.3 Å². The molecule has 0 aromatic carbocycles. The Morgan fingerprint density at radius 1 is 1.44 bits per heavy atom. The van der Waals surface area contributed by atoms with Crippen molar-refractivity contribution >= 4 is 11.8 Å². The second kappa shape index (κ2) is 7.94. The Morgan fingerprint density at radius 2 is 2.19 bits per heavy atom. The third-order valence-electron chi connectivity index (χ3n) is 6.23. The molecule has 0 radical (unpaired) electrons. The third kappa shape index (κ3) is 4.47. The van der Waals surface area contributed by atoms with E-state index < -0.39 is 5.91 Å². The molecular formula is C20H30N4O3. The topological polar surface area (TPSA) is 85.8 Å². The van der Waals surface area contributed by atoms with E-state index in [2.05, 4.69) is 16.8 Å². The van der Waals surface area contributed by atoms with Crippen molar-refractivity contribution in [2.75, 3.05) is 20.1 Å². The summed E-state index contributed by atoms with van der Waals surface area (Å²) in [5.41, 5.74) is 4.57. The minimum atomic E-state index is -0.516.